The molecule has 7 nitrogen and oxygen atoms in total. The molecule has 0 fully saturated rings. The number of aromatic nitrogens is 1. The molecule has 1 amide bonds. The lowest BCUT2D eigenvalue weighted by Gasteiger charge is -2.14. The van der Waals surface area contributed by atoms with Crippen LogP contribution >= 0.6 is 15.9 Å². The number of nitrogens with zero attached hydrogens (tertiary/aromatic N) is 2. The molecule has 0 bridgehead atoms. The molecular formula is C17H20BrN3O4S. The summed E-state index contributed by atoms with van der Waals surface area (Å²) in [7, 11) is -0.795. The Morgan fingerprint density at radius 1 is 1.31 bits per heavy atom. The number of hydrogen-bond acceptors (Lipinski definition) is 5. The maximum Gasteiger partial charge on any atom is 0.251 e. The van der Waals surface area contributed by atoms with Crippen molar-refractivity contribution in [3.63, 3.8) is 0 Å². The third-order valence-electron chi connectivity index (χ3n) is 3.52. The molecule has 0 atom stereocenters. The zero-order valence-corrected chi connectivity index (χ0v) is 17.1. The first-order valence-corrected chi connectivity index (χ1v) is 10.1. The molecule has 0 saturated carbocycles. The first-order valence-electron chi connectivity index (χ1n) is 7.84. The van der Waals surface area contributed by atoms with Crippen molar-refractivity contribution in [2.75, 3.05) is 20.7 Å². The molecule has 26 heavy (non-hydrogen) atoms. The number of sulfonamides is 1. The number of amides is 1. The van der Waals surface area contributed by atoms with Crippen LogP contribution in [0.5, 0.6) is 5.88 Å². The lowest BCUT2D eigenvalue weighted by atomic mass is 10.2. The van der Waals surface area contributed by atoms with E-state index in [0.29, 0.717) is 17.0 Å². The van der Waals surface area contributed by atoms with E-state index >= 15 is 0 Å². The van der Waals surface area contributed by atoms with Crippen LogP contribution in [-0.4, -0.2) is 44.3 Å². The van der Waals surface area contributed by atoms with Gasteiger partial charge in [-0.25, -0.2) is 17.7 Å². The summed E-state index contributed by atoms with van der Waals surface area (Å²) in [4.78, 5) is 16.6. The Hall–Kier alpha value is -1.97. The van der Waals surface area contributed by atoms with Crippen LogP contribution in [0.1, 0.15) is 22.8 Å². The molecule has 2 rings (SSSR count). The van der Waals surface area contributed by atoms with Crippen LogP contribution in [0.3, 0.4) is 0 Å². The van der Waals surface area contributed by atoms with Gasteiger partial charge in [-0.2, -0.15) is 0 Å². The molecule has 0 aliphatic carbocycles. The molecular weight excluding hydrogens is 422 g/mol. The number of pyridine rings is 1. The Kier molecular flexibility index (Phi) is 6.74. The van der Waals surface area contributed by atoms with Crippen LogP contribution in [0.4, 0.5) is 0 Å². The number of rotatable bonds is 7. The quantitative estimate of drug-likeness (QED) is 0.712. The van der Waals surface area contributed by atoms with Crippen molar-refractivity contribution in [3.8, 4) is 5.88 Å². The van der Waals surface area contributed by atoms with Crippen LogP contribution < -0.4 is 10.1 Å². The Balaban J connectivity index is 2.21. The Morgan fingerprint density at radius 3 is 2.69 bits per heavy atom. The van der Waals surface area contributed by atoms with Gasteiger partial charge in [0.1, 0.15) is 0 Å². The predicted octanol–water partition coefficient (Wildman–Crippen LogP) is 2.42. The molecule has 0 saturated heterocycles. The summed E-state index contributed by atoms with van der Waals surface area (Å²) in [6, 6.07) is 8.01. The normalized spacial score (nSPS) is 11.4. The first kappa shape index (κ1) is 20.3. The summed E-state index contributed by atoms with van der Waals surface area (Å²) in [6.45, 7) is 2.54. The second-order valence-electron chi connectivity index (χ2n) is 5.52. The SMILES string of the molecule is CCOc1ncccc1CNC(=O)c1ccc(Br)c(S(=O)(=O)N(C)C)c1. The molecule has 1 heterocycles. The predicted molar refractivity (Wildman–Crippen MR) is 102 cm³/mol. The van der Waals surface area contributed by atoms with Crippen LogP contribution in [0.2, 0.25) is 0 Å². The van der Waals surface area contributed by atoms with Gasteiger partial charge in [-0.1, -0.05) is 6.07 Å². The van der Waals surface area contributed by atoms with E-state index in [1.54, 1.807) is 24.4 Å². The van der Waals surface area contributed by atoms with Gasteiger partial charge in [0.2, 0.25) is 15.9 Å². The number of hydrogen-bond donors (Lipinski definition) is 1. The molecule has 1 N–H and O–H groups in total. The van der Waals surface area contributed by atoms with E-state index in [9.17, 15) is 13.2 Å². The Labute approximate surface area is 161 Å². The van der Waals surface area contributed by atoms with Gasteiger partial charge in [0.15, 0.2) is 0 Å². The Morgan fingerprint density at radius 2 is 2.04 bits per heavy atom. The fourth-order valence-corrected chi connectivity index (χ4v) is 3.99. The fourth-order valence-electron chi connectivity index (χ4n) is 2.14. The van der Waals surface area contributed by atoms with E-state index in [2.05, 4.69) is 26.2 Å². The number of carbonyl (C=O) groups excluding carboxylic acids is 1. The smallest absolute Gasteiger partial charge is 0.251 e. The third kappa shape index (κ3) is 4.60. The van der Waals surface area contributed by atoms with Crippen LogP contribution in [0.15, 0.2) is 45.9 Å². The average Bonchev–Trinajstić information content (AvgIpc) is 2.61. The van der Waals surface area contributed by atoms with E-state index in [1.807, 2.05) is 13.0 Å². The zero-order valence-electron chi connectivity index (χ0n) is 14.7. The number of carbonyl (C=O) groups is 1. The van der Waals surface area contributed by atoms with Crippen molar-refractivity contribution >= 4 is 31.9 Å². The van der Waals surface area contributed by atoms with Gasteiger partial charge in [-0.15, -0.1) is 0 Å². The Bertz CT molecular complexity index is 901. The highest BCUT2D eigenvalue weighted by Gasteiger charge is 2.22. The highest BCUT2D eigenvalue weighted by molar-refractivity contribution is 9.10. The fraction of sp³-hybridized carbons (Fsp3) is 0.294. The summed E-state index contributed by atoms with van der Waals surface area (Å²) in [6.07, 6.45) is 1.61. The second-order valence-corrected chi connectivity index (χ2v) is 8.49. The van der Waals surface area contributed by atoms with Crippen molar-refractivity contribution in [1.29, 1.82) is 0 Å². The van der Waals surface area contributed by atoms with E-state index in [0.717, 1.165) is 9.87 Å². The minimum absolute atomic E-state index is 0.0338. The number of ether oxygens (including phenoxy) is 1. The summed E-state index contributed by atoms with van der Waals surface area (Å²) < 4.78 is 31.6. The summed E-state index contributed by atoms with van der Waals surface area (Å²) in [5.74, 6) is 0.0704. The largest absolute Gasteiger partial charge is 0.478 e. The molecule has 0 unspecified atom stereocenters. The van der Waals surface area contributed by atoms with Crippen LogP contribution in [0.25, 0.3) is 0 Å². The lowest BCUT2D eigenvalue weighted by Crippen LogP contribution is -2.25. The highest BCUT2D eigenvalue weighted by atomic mass is 79.9. The zero-order chi connectivity index (χ0) is 19.3. The van der Waals surface area contributed by atoms with Crippen molar-refractivity contribution in [1.82, 2.24) is 14.6 Å². The van der Waals surface area contributed by atoms with E-state index in [1.165, 1.54) is 20.2 Å². The minimum atomic E-state index is -3.67. The third-order valence-corrected chi connectivity index (χ3v) is 6.33. The lowest BCUT2D eigenvalue weighted by molar-refractivity contribution is 0.0950. The molecule has 2 aromatic rings. The van der Waals surface area contributed by atoms with Gasteiger partial charge in [0, 0.05) is 42.4 Å². The standard InChI is InChI=1S/C17H20BrN3O4S/c1-4-25-17-13(6-5-9-19-17)11-20-16(22)12-7-8-14(18)15(10-12)26(23,24)21(2)3/h5-10H,4,11H2,1-3H3,(H,20,22). The van der Waals surface area contributed by atoms with E-state index in [4.69, 9.17) is 4.74 Å². The van der Waals surface area contributed by atoms with Crippen molar-refractivity contribution in [2.24, 2.45) is 0 Å². The molecule has 0 spiro atoms. The molecule has 140 valence electrons. The van der Waals surface area contributed by atoms with Gasteiger partial charge in [-0.3, -0.25) is 4.79 Å². The van der Waals surface area contributed by atoms with Crippen LogP contribution in [0, 0.1) is 0 Å². The highest BCUT2D eigenvalue weighted by Crippen LogP contribution is 2.25. The first-order chi connectivity index (χ1) is 12.3. The summed E-state index contributed by atoms with van der Waals surface area (Å²) in [5, 5.41) is 2.76. The van der Waals surface area contributed by atoms with Gasteiger partial charge >= 0.3 is 0 Å². The summed E-state index contributed by atoms with van der Waals surface area (Å²) in [5.41, 5.74) is 0.983. The maximum absolute atomic E-state index is 12.5. The minimum Gasteiger partial charge on any atom is -0.478 e. The number of halogens is 1. The van der Waals surface area contributed by atoms with E-state index < -0.39 is 10.0 Å². The summed E-state index contributed by atoms with van der Waals surface area (Å²) >= 11 is 3.22. The number of benzene rings is 1. The molecule has 1 aromatic heterocycles. The molecule has 1 aromatic carbocycles. The van der Waals surface area contributed by atoms with Gasteiger partial charge in [0.05, 0.1) is 11.5 Å². The van der Waals surface area contributed by atoms with Crippen molar-refractivity contribution in [3.05, 3.63) is 52.1 Å². The van der Waals surface area contributed by atoms with Gasteiger partial charge in [-0.05, 0) is 47.1 Å². The molecule has 0 radical (unpaired) electrons. The molecule has 9 heteroatoms. The van der Waals surface area contributed by atoms with Crippen molar-refractivity contribution < 1.29 is 17.9 Å². The van der Waals surface area contributed by atoms with Gasteiger partial charge in [0.25, 0.3) is 5.91 Å². The maximum atomic E-state index is 12.5. The molecule has 0 aliphatic rings. The monoisotopic (exact) mass is 441 g/mol. The topological polar surface area (TPSA) is 88.6 Å². The average molecular weight is 442 g/mol. The molecule has 0 aliphatic heterocycles. The van der Waals surface area contributed by atoms with Crippen LogP contribution in [-0.2, 0) is 16.6 Å². The van der Waals surface area contributed by atoms with E-state index in [-0.39, 0.29) is 22.9 Å². The van der Waals surface area contributed by atoms with Crippen molar-refractivity contribution in [2.45, 2.75) is 18.4 Å². The second kappa shape index (κ2) is 8.61. The number of nitrogens with one attached hydrogen (secondary N) is 1. The van der Waals surface area contributed by atoms with Gasteiger partial charge < -0.3 is 10.1 Å².